The largest absolute Gasteiger partial charge is 0.493 e. The molecule has 0 fully saturated rings. The molecule has 0 radical (unpaired) electrons. The number of carbonyl (C=O) groups excluding carboxylic acids is 1. The zero-order valence-electron chi connectivity index (χ0n) is 12.2. The Morgan fingerprint density at radius 3 is 2.32 bits per heavy atom. The van der Waals surface area contributed by atoms with Crippen molar-refractivity contribution >= 4 is 22.0 Å². The minimum absolute atomic E-state index is 0.0448. The van der Waals surface area contributed by atoms with Crippen LogP contribution in [0.2, 0.25) is 0 Å². The van der Waals surface area contributed by atoms with Gasteiger partial charge >= 0.3 is 11.9 Å². The summed E-state index contributed by atoms with van der Waals surface area (Å²) in [6.07, 6.45) is 0.0812. The fourth-order valence-corrected chi connectivity index (χ4v) is 2.64. The second-order valence-corrected chi connectivity index (χ2v) is 6.35. The van der Waals surface area contributed by atoms with Gasteiger partial charge in [0.25, 0.3) is 0 Å². The van der Waals surface area contributed by atoms with Crippen LogP contribution in [0.3, 0.4) is 0 Å². The van der Waals surface area contributed by atoms with E-state index in [4.69, 9.17) is 9.84 Å². The molecular weight excluding hydrogens is 314 g/mol. The molecule has 22 heavy (non-hydrogen) atoms. The van der Waals surface area contributed by atoms with E-state index >= 15 is 0 Å². The minimum atomic E-state index is -3.87. The molecule has 0 bridgehead atoms. The number of benzene rings is 1. The normalized spacial score (nSPS) is 11.2. The highest BCUT2D eigenvalue weighted by atomic mass is 32.2. The van der Waals surface area contributed by atoms with Gasteiger partial charge in [-0.15, -0.1) is 0 Å². The smallest absolute Gasteiger partial charge is 0.318 e. The van der Waals surface area contributed by atoms with E-state index in [0.29, 0.717) is 5.75 Å². The Kier molecular flexibility index (Phi) is 6.32. The summed E-state index contributed by atoms with van der Waals surface area (Å²) in [6, 6.07) is 5.47. The highest BCUT2D eigenvalue weighted by Gasteiger charge is 2.22. The molecule has 0 atom stereocenters. The van der Waals surface area contributed by atoms with Gasteiger partial charge in [0.15, 0.2) is 0 Å². The highest BCUT2D eigenvalue weighted by Crippen LogP contribution is 2.18. The molecule has 1 aromatic rings. The summed E-state index contributed by atoms with van der Waals surface area (Å²) in [5, 5.41) is 8.64. The van der Waals surface area contributed by atoms with E-state index in [1.165, 1.54) is 38.4 Å². The van der Waals surface area contributed by atoms with Crippen LogP contribution in [0.15, 0.2) is 29.2 Å². The number of hydrogen-bond donors (Lipinski definition) is 1. The molecule has 0 saturated carbocycles. The first-order chi connectivity index (χ1) is 10.3. The lowest BCUT2D eigenvalue weighted by Gasteiger charge is -2.15. The third-order valence-corrected chi connectivity index (χ3v) is 4.51. The zero-order chi connectivity index (χ0) is 16.8. The van der Waals surface area contributed by atoms with Gasteiger partial charge in [0.05, 0.1) is 25.0 Å². The molecule has 0 aromatic heterocycles. The predicted molar refractivity (Wildman–Crippen MR) is 76.0 cm³/mol. The lowest BCUT2D eigenvalue weighted by atomic mass is 10.3. The SMILES string of the molecule is COC(=O)CCOc1ccc(S(=O)(=O)N(C)CC(=O)O)cc1. The summed E-state index contributed by atoms with van der Waals surface area (Å²) in [5.41, 5.74) is 0. The Morgan fingerprint density at radius 1 is 1.23 bits per heavy atom. The number of methoxy groups -OCH3 is 1. The van der Waals surface area contributed by atoms with Crippen LogP contribution >= 0.6 is 0 Å². The molecule has 0 saturated heterocycles. The molecule has 0 aliphatic heterocycles. The Hall–Kier alpha value is -2.13. The number of nitrogens with zero attached hydrogens (tertiary/aromatic N) is 1. The van der Waals surface area contributed by atoms with Crippen LogP contribution in [0.1, 0.15) is 6.42 Å². The fraction of sp³-hybridized carbons (Fsp3) is 0.385. The van der Waals surface area contributed by atoms with Gasteiger partial charge in [0, 0.05) is 7.05 Å². The highest BCUT2D eigenvalue weighted by molar-refractivity contribution is 7.89. The van der Waals surface area contributed by atoms with Crippen LogP contribution in [-0.2, 0) is 24.3 Å². The zero-order valence-corrected chi connectivity index (χ0v) is 13.0. The van der Waals surface area contributed by atoms with Crippen LogP contribution in [0.25, 0.3) is 0 Å². The van der Waals surface area contributed by atoms with E-state index in [9.17, 15) is 18.0 Å². The number of carbonyl (C=O) groups is 2. The van der Waals surface area contributed by atoms with Gasteiger partial charge < -0.3 is 14.6 Å². The molecule has 8 nitrogen and oxygen atoms in total. The maximum absolute atomic E-state index is 12.1. The summed E-state index contributed by atoms with van der Waals surface area (Å²) in [4.78, 5) is 21.4. The standard InChI is InChI=1S/C13H17NO7S/c1-14(9-12(15)16)22(18,19)11-5-3-10(4-6-11)21-8-7-13(17)20-2/h3-6H,7-9H2,1-2H3,(H,15,16). The third kappa shape index (κ3) is 5.01. The Morgan fingerprint density at radius 2 is 1.82 bits per heavy atom. The second kappa shape index (κ2) is 7.76. The number of rotatable bonds is 8. The quantitative estimate of drug-likeness (QED) is 0.684. The summed E-state index contributed by atoms with van der Waals surface area (Å²) >= 11 is 0. The van der Waals surface area contributed by atoms with Crippen LogP contribution in [-0.4, -0.2) is 57.1 Å². The van der Waals surface area contributed by atoms with Crippen molar-refractivity contribution in [3.05, 3.63) is 24.3 Å². The van der Waals surface area contributed by atoms with Crippen LogP contribution in [0.5, 0.6) is 5.75 Å². The van der Waals surface area contributed by atoms with Gasteiger partial charge in [-0.2, -0.15) is 4.31 Å². The lowest BCUT2D eigenvalue weighted by Crippen LogP contribution is -2.31. The number of likely N-dealkylation sites (N-methyl/N-ethyl adjacent to an activating group) is 1. The van der Waals surface area contributed by atoms with Crippen molar-refractivity contribution in [2.75, 3.05) is 27.3 Å². The molecule has 1 aromatic carbocycles. The molecule has 0 amide bonds. The minimum Gasteiger partial charge on any atom is -0.493 e. The molecule has 0 aliphatic carbocycles. The molecule has 0 spiro atoms. The monoisotopic (exact) mass is 331 g/mol. The van der Waals surface area contributed by atoms with Gasteiger partial charge in [-0.3, -0.25) is 9.59 Å². The first-order valence-corrected chi connectivity index (χ1v) is 7.69. The van der Waals surface area contributed by atoms with E-state index in [-0.39, 0.29) is 17.9 Å². The van der Waals surface area contributed by atoms with Gasteiger partial charge in [-0.1, -0.05) is 0 Å². The summed E-state index contributed by atoms with van der Waals surface area (Å²) in [7, 11) is -1.41. The molecule has 122 valence electrons. The van der Waals surface area contributed by atoms with E-state index < -0.39 is 28.5 Å². The van der Waals surface area contributed by atoms with Crippen molar-refractivity contribution in [3.63, 3.8) is 0 Å². The first kappa shape index (κ1) is 17.9. The summed E-state index contributed by atoms with van der Waals surface area (Å²) in [5.74, 6) is -1.26. The lowest BCUT2D eigenvalue weighted by molar-refractivity contribution is -0.141. The van der Waals surface area contributed by atoms with E-state index in [0.717, 1.165) is 4.31 Å². The second-order valence-electron chi connectivity index (χ2n) is 4.30. The van der Waals surface area contributed by atoms with E-state index in [1.54, 1.807) is 0 Å². The van der Waals surface area contributed by atoms with Gasteiger partial charge in [-0.25, -0.2) is 8.42 Å². The van der Waals surface area contributed by atoms with Crippen molar-refractivity contribution in [3.8, 4) is 5.75 Å². The number of hydrogen-bond acceptors (Lipinski definition) is 6. The molecule has 9 heteroatoms. The van der Waals surface area contributed by atoms with Crippen LogP contribution in [0, 0.1) is 0 Å². The number of ether oxygens (including phenoxy) is 2. The fourth-order valence-electron chi connectivity index (χ4n) is 1.52. The number of aliphatic carboxylic acids is 1. The van der Waals surface area contributed by atoms with E-state index in [1.807, 2.05) is 0 Å². The average molecular weight is 331 g/mol. The van der Waals surface area contributed by atoms with Crippen molar-refractivity contribution in [1.29, 1.82) is 0 Å². The first-order valence-electron chi connectivity index (χ1n) is 6.25. The number of carboxylic acid groups (broad SMARTS) is 1. The topological polar surface area (TPSA) is 110 Å². The molecule has 1 rings (SSSR count). The Labute approximate surface area is 128 Å². The number of carboxylic acids is 1. The summed E-state index contributed by atoms with van der Waals surface area (Å²) < 4.78 is 34.6. The number of esters is 1. The van der Waals surface area contributed by atoms with Crippen molar-refractivity contribution in [1.82, 2.24) is 4.31 Å². The maximum Gasteiger partial charge on any atom is 0.318 e. The van der Waals surface area contributed by atoms with Crippen LogP contribution in [0.4, 0.5) is 0 Å². The Balaban J connectivity index is 2.71. The van der Waals surface area contributed by atoms with Crippen molar-refractivity contribution in [2.45, 2.75) is 11.3 Å². The van der Waals surface area contributed by atoms with Gasteiger partial charge in [0.1, 0.15) is 12.3 Å². The summed E-state index contributed by atoms with van der Waals surface area (Å²) in [6.45, 7) is -0.516. The molecule has 0 aliphatic rings. The average Bonchev–Trinajstić information content (AvgIpc) is 2.46. The molecule has 1 N–H and O–H groups in total. The van der Waals surface area contributed by atoms with Crippen molar-refractivity contribution in [2.24, 2.45) is 0 Å². The molecule has 0 unspecified atom stereocenters. The van der Waals surface area contributed by atoms with Gasteiger partial charge in [-0.05, 0) is 24.3 Å². The maximum atomic E-state index is 12.1. The number of sulfonamides is 1. The van der Waals surface area contributed by atoms with Crippen LogP contribution < -0.4 is 4.74 Å². The van der Waals surface area contributed by atoms with Crippen molar-refractivity contribution < 1.29 is 32.6 Å². The third-order valence-electron chi connectivity index (χ3n) is 2.69. The molecular formula is C13H17NO7S. The van der Waals surface area contributed by atoms with Gasteiger partial charge in [0.2, 0.25) is 10.0 Å². The Bertz CT molecular complexity index is 624. The van der Waals surface area contributed by atoms with E-state index in [2.05, 4.69) is 4.74 Å². The predicted octanol–water partition coefficient (Wildman–Crippen LogP) is 0.334. The molecule has 0 heterocycles.